The molecule has 3 aromatic carbocycles. The molecule has 1 aromatic heterocycles. The summed E-state index contributed by atoms with van der Waals surface area (Å²) in [5.41, 5.74) is 4.64. The molecule has 0 saturated carbocycles. The van der Waals surface area contributed by atoms with E-state index in [1.165, 1.54) is 17.7 Å². The van der Waals surface area contributed by atoms with Crippen LogP contribution in [-0.2, 0) is 11.2 Å². The van der Waals surface area contributed by atoms with Gasteiger partial charge in [-0.25, -0.2) is 0 Å². The van der Waals surface area contributed by atoms with E-state index in [1.54, 1.807) is 18.2 Å². The second kappa shape index (κ2) is 11.0. The molecular formula is C31H30N4O6. The van der Waals surface area contributed by atoms with Gasteiger partial charge in [-0.05, 0) is 73.6 Å². The average molecular weight is 555 g/mol. The van der Waals surface area contributed by atoms with Crippen LogP contribution in [0.2, 0.25) is 0 Å². The van der Waals surface area contributed by atoms with Crippen molar-refractivity contribution in [1.29, 1.82) is 0 Å². The topological polar surface area (TPSA) is 110 Å². The minimum Gasteiger partial charge on any atom is -0.485 e. The molecule has 0 aliphatic carbocycles. The van der Waals surface area contributed by atoms with Crippen LogP contribution in [0, 0.1) is 10.1 Å². The summed E-state index contributed by atoms with van der Waals surface area (Å²) in [6, 6.07) is 18.2. The predicted octanol–water partition coefficient (Wildman–Crippen LogP) is 4.93. The highest BCUT2D eigenvalue weighted by Gasteiger charge is 2.34. The number of H-pyrrole nitrogens is 1. The van der Waals surface area contributed by atoms with E-state index in [1.807, 2.05) is 60.3 Å². The van der Waals surface area contributed by atoms with Crippen molar-refractivity contribution in [3.8, 4) is 17.2 Å². The van der Waals surface area contributed by atoms with E-state index in [-0.39, 0.29) is 30.2 Å². The molecule has 0 saturated heterocycles. The number of carbonyl (C=O) groups excluding carboxylic acids is 1. The van der Waals surface area contributed by atoms with E-state index in [9.17, 15) is 14.9 Å². The van der Waals surface area contributed by atoms with Gasteiger partial charge in [0.15, 0.2) is 17.2 Å². The van der Waals surface area contributed by atoms with Gasteiger partial charge < -0.3 is 29.0 Å². The largest absolute Gasteiger partial charge is 0.485 e. The number of nitrogens with one attached hydrogen (secondary N) is 1. The number of aromatic amines is 1. The van der Waals surface area contributed by atoms with Crippen LogP contribution in [0.15, 0.2) is 66.7 Å². The Kier molecular flexibility index (Phi) is 7.07. The molecule has 4 aromatic rings. The molecule has 0 radical (unpaired) electrons. The number of carbonyl (C=O) groups is 1. The summed E-state index contributed by atoms with van der Waals surface area (Å²) in [5.74, 6) is 1.33. The van der Waals surface area contributed by atoms with E-state index < -0.39 is 4.92 Å². The van der Waals surface area contributed by atoms with Gasteiger partial charge in [0.25, 0.3) is 0 Å². The van der Waals surface area contributed by atoms with Crippen LogP contribution in [0.4, 0.5) is 5.69 Å². The third-order valence-corrected chi connectivity index (χ3v) is 7.42. The Morgan fingerprint density at radius 3 is 2.80 bits per heavy atom. The van der Waals surface area contributed by atoms with Gasteiger partial charge in [0.1, 0.15) is 6.61 Å². The predicted molar refractivity (Wildman–Crippen MR) is 154 cm³/mol. The number of para-hydroxylation sites is 1. The lowest BCUT2D eigenvalue weighted by molar-refractivity contribution is -0.385. The number of fused-ring (bicyclic) bond motifs is 4. The SMILES string of the molecule is CN(C)CCOc1cc(C=CC(=O)N2CCc3c([nH]c4ccccc34)C2c2ccc3c(c2)OCO3)ccc1[N+](=O)[O-]. The number of nitro benzene ring substituents is 1. The first-order valence-electron chi connectivity index (χ1n) is 13.4. The minimum absolute atomic E-state index is 0.113. The van der Waals surface area contributed by atoms with Gasteiger partial charge in [-0.3, -0.25) is 14.9 Å². The zero-order valence-electron chi connectivity index (χ0n) is 22.8. The third-order valence-electron chi connectivity index (χ3n) is 7.42. The van der Waals surface area contributed by atoms with Gasteiger partial charge in [0, 0.05) is 41.8 Å². The maximum absolute atomic E-state index is 13.7. The maximum atomic E-state index is 13.7. The van der Waals surface area contributed by atoms with Crippen molar-refractivity contribution >= 4 is 28.6 Å². The molecule has 10 heteroatoms. The lowest BCUT2D eigenvalue weighted by Gasteiger charge is -2.35. The second-order valence-corrected chi connectivity index (χ2v) is 10.3. The summed E-state index contributed by atoms with van der Waals surface area (Å²) >= 11 is 0. The first-order chi connectivity index (χ1) is 19.9. The highest BCUT2D eigenvalue weighted by Crippen LogP contribution is 2.42. The fourth-order valence-electron chi connectivity index (χ4n) is 5.41. The zero-order valence-corrected chi connectivity index (χ0v) is 22.8. The van der Waals surface area contributed by atoms with E-state index >= 15 is 0 Å². The number of likely N-dealkylation sites (N-methyl/N-ethyl adjacent to an activating group) is 1. The highest BCUT2D eigenvalue weighted by atomic mass is 16.7. The van der Waals surface area contributed by atoms with Crippen molar-refractivity contribution in [2.24, 2.45) is 0 Å². The Labute approximate surface area is 236 Å². The van der Waals surface area contributed by atoms with E-state index in [2.05, 4.69) is 11.1 Å². The Morgan fingerprint density at radius 2 is 1.98 bits per heavy atom. The van der Waals surface area contributed by atoms with Crippen LogP contribution < -0.4 is 14.2 Å². The lowest BCUT2D eigenvalue weighted by atomic mass is 9.92. The van der Waals surface area contributed by atoms with Crippen LogP contribution in [0.5, 0.6) is 17.2 Å². The fourth-order valence-corrected chi connectivity index (χ4v) is 5.41. The first-order valence-corrected chi connectivity index (χ1v) is 13.4. The maximum Gasteiger partial charge on any atom is 0.310 e. The molecule has 1 amide bonds. The monoisotopic (exact) mass is 554 g/mol. The standard InChI is InChI=1S/C31H30N4O6/c1-33(2)15-16-39-27-17-20(7-10-25(27)35(37)38)8-12-29(36)34-14-13-23-22-5-3-4-6-24(22)32-30(23)31(34)21-9-11-26-28(18-21)41-19-40-26/h3-12,17-18,31-32H,13-16,19H2,1-2H3. The van der Waals surface area contributed by atoms with Gasteiger partial charge in [-0.1, -0.05) is 24.3 Å². The number of nitrogens with zero attached hydrogens (tertiary/aromatic N) is 3. The van der Waals surface area contributed by atoms with Crippen LogP contribution in [0.1, 0.15) is 28.4 Å². The number of benzene rings is 3. The van der Waals surface area contributed by atoms with Gasteiger partial charge in [-0.2, -0.15) is 0 Å². The molecule has 3 heterocycles. The van der Waals surface area contributed by atoms with Crippen molar-refractivity contribution in [3.63, 3.8) is 0 Å². The summed E-state index contributed by atoms with van der Waals surface area (Å²) in [7, 11) is 3.80. The van der Waals surface area contributed by atoms with Crippen LogP contribution in [0.25, 0.3) is 17.0 Å². The molecule has 10 nitrogen and oxygen atoms in total. The van der Waals surface area contributed by atoms with Crippen molar-refractivity contribution < 1.29 is 23.9 Å². The minimum atomic E-state index is -0.467. The molecule has 0 fully saturated rings. The lowest BCUT2D eigenvalue weighted by Crippen LogP contribution is -2.39. The molecule has 1 unspecified atom stereocenters. The summed E-state index contributed by atoms with van der Waals surface area (Å²) in [6.45, 7) is 1.61. The van der Waals surface area contributed by atoms with Crippen molar-refractivity contribution in [3.05, 3.63) is 99.2 Å². The number of ether oxygens (including phenoxy) is 3. The average Bonchev–Trinajstić information content (AvgIpc) is 3.59. The molecular weight excluding hydrogens is 524 g/mol. The Bertz CT molecular complexity index is 1660. The summed E-state index contributed by atoms with van der Waals surface area (Å²) < 4.78 is 16.9. The van der Waals surface area contributed by atoms with Crippen molar-refractivity contribution in [1.82, 2.24) is 14.8 Å². The van der Waals surface area contributed by atoms with Gasteiger partial charge in [-0.15, -0.1) is 0 Å². The number of amides is 1. The molecule has 1 atom stereocenters. The number of hydrogen-bond donors (Lipinski definition) is 1. The number of nitro groups is 1. The Morgan fingerprint density at radius 1 is 1.15 bits per heavy atom. The Balaban J connectivity index is 1.32. The van der Waals surface area contributed by atoms with E-state index in [0.29, 0.717) is 43.2 Å². The molecule has 1 N–H and O–H groups in total. The van der Waals surface area contributed by atoms with Crippen LogP contribution in [-0.4, -0.2) is 66.2 Å². The molecule has 0 bridgehead atoms. The second-order valence-electron chi connectivity index (χ2n) is 10.3. The number of rotatable bonds is 8. The normalized spacial score (nSPS) is 16.0. The highest BCUT2D eigenvalue weighted by molar-refractivity contribution is 5.93. The van der Waals surface area contributed by atoms with Crippen LogP contribution in [0.3, 0.4) is 0 Å². The Hall–Kier alpha value is -4.83. The molecule has 2 aliphatic rings. The van der Waals surface area contributed by atoms with Gasteiger partial charge >= 0.3 is 5.69 Å². The van der Waals surface area contributed by atoms with Crippen molar-refractivity contribution in [2.45, 2.75) is 12.5 Å². The molecule has 0 spiro atoms. The summed E-state index contributed by atoms with van der Waals surface area (Å²) in [5, 5.41) is 12.7. The number of hydrogen-bond acceptors (Lipinski definition) is 7. The van der Waals surface area contributed by atoms with Gasteiger partial charge in [0.05, 0.1) is 11.0 Å². The summed E-state index contributed by atoms with van der Waals surface area (Å²) in [4.78, 5) is 32.1. The zero-order chi connectivity index (χ0) is 28.5. The fraction of sp³-hybridized carbons (Fsp3) is 0.258. The van der Waals surface area contributed by atoms with E-state index in [0.717, 1.165) is 22.2 Å². The smallest absolute Gasteiger partial charge is 0.310 e. The summed E-state index contributed by atoms with van der Waals surface area (Å²) in [6.07, 6.45) is 3.89. The molecule has 2 aliphatic heterocycles. The molecule has 6 rings (SSSR count). The van der Waals surface area contributed by atoms with Crippen LogP contribution >= 0.6 is 0 Å². The van der Waals surface area contributed by atoms with Crippen molar-refractivity contribution in [2.75, 3.05) is 40.6 Å². The third kappa shape index (κ3) is 5.21. The molecule has 210 valence electrons. The quantitative estimate of drug-likeness (QED) is 0.187. The van der Waals surface area contributed by atoms with Gasteiger partial charge in [0.2, 0.25) is 12.7 Å². The molecule has 41 heavy (non-hydrogen) atoms. The van der Waals surface area contributed by atoms with E-state index in [4.69, 9.17) is 14.2 Å². The number of aromatic nitrogens is 1. The first kappa shape index (κ1) is 26.4.